The molecular formula is C21H29N3. The molecule has 1 aromatic heterocycles. The standard InChI is InChI=1S/C21H29N3/c1-14-6-5-11-24(14)20-12-19(13-20)17-7-9-18(10-8-17)21-15(2)22-23(4)16(21)3/h7-10,14,19-20H,5-6,11-13H2,1-4H3/t14?,19-,20-. The monoisotopic (exact) mass is 323 g/mol. The summed E-state index contributed by atoms with van der Waals surface area (Å²) >= 11 is 0. The molecule has 1 aromatic carbocycles. The summed E-state index contributed by atoms with van der Waals surface area (Å²) in [6.07, 6.45) is 5.46. The number of benzene rings is 1. The predicted molar refractivity (Wildman–Crippen MR) is 99.3 cm³/mol. The van der Waals surface area contributed by atoms with Crippen LogP contribution in [0, 0.1) is 13.8 Å². The minimum atomic E-state index is 0.757. The van der Waals surface area contributed by atoms with Crippen LogP contribution in [0.1, 0.15) is 55.5 Å². The van der Waals surface area contributed by atoms with Crippen molar-refractivity contribution in [2.24, 2.45) is 7.05 Å². The van der Waals surface area contributed by atoms with E-state index in [1.807, 2.05) is 11.7 Å². The Hall–Kier alpha value is -1.61. The third-order valence-electron chi connectivity index (χ3n) is 6.37. The summed E-state index contributed by atoms with van der Waals surface area (Å²) in [4.78, 5) is 2.74. The first-order valence-electron chi connectivity index (χ1n) is 9.41. The van der Waals surface area contributed by atoms with E-state index in [2.05, 4.69) is 55.0 Å². The molecule has 0 bridgehead atoms. The zero-order chi connectivity index (χ0) is 16.8. The average molecular weight is 323 g/mol. The van der Waals surface area contributed by atoms with E-state index in [1.54, 1.807) is 0 Å². The summed E-state index contributed by atoms with van der Waals surface area (Å²) in [5.41, 5.74) is 6.47. The van der Waals surface area contributed by atoms with E-state index in [1.165, 1.54) is 54.6 Å². The first kappa shape index (κ1) is 15.9. The van der Waals surface area contributed by atoms with Gasteiger partial charge in [-0.2, -0.15) is 5.10 Å². The van der Waals surface area contributed by atoms with E-state index in [9.17, 15) is 0 Å². The van der Waals surface area contributed by atoms with E-state index >= 15 is 0 Å². The molecule has 0 N–H and O–H groups in total. The zero-order valence-corrected chi connectivity index (χ0v) is 15.4. The van der Waals surface area contributed by atoms with Crippen molar-refractivity contribution in [3.63, 3.8) is 0 Å². The molecule has 2 aromatic rings. The van der Waals surface area contributed by atoms with Gasteiger partial charge in [0.1, 0.15) is 0 Å². The SMILES string of the molecule is Cc1nn(C)c(C)c1-c1ccc([C@H]2C[C@H](N3CCCC3C)C2)cc1. The molecule has 2 fully saturated rings. The van der Waals surface area contributed by atoms with Crippen molar-refractivity contribution in [3.8, 4) is 11.1 Å². The lowest BCUT2D eigenvalue weighted by Gasteiger charge is -2.43. The Morgan fingerprint density at radius 2 is 1.79 bits per heavy atom. The summed E-state index contributed by atoms with van der Waals surface area (Å²) in [5, 5.41) is 4.54. The summed E-state index contributed by atoms with van der Waals surface area (Å²) in [6.45, 7) is 7.96. The molecule has 24 heavy (non-hydrogen) atoms. The van der Waals surface area contributed by atoms with E-state index in [-0.39, 0.29) is 0 Å². The molecule has 1 aliphatic heterocycles. The highest BCUT2D eigenvalue weighted by Crippen LogP contribution is 2.42. The van der Waals surface area contributed by atoms with E-state index in [0.29, 0.717) is 0 Å². The second kappa shape index (κ2) is 6.03. The highest BCUT2D eigenvalue weighted by molar-refractivity contribution is 5.68. The van der Waals surface area contributed by atoms with Crippen molar-refractivity contribution in [2.75, 3.05) is 6.54 Å². The van der Waals surface area contributed by atoms with Crippen LogP contribution in [-0.2, 0) is 7.05 Å². The van der Waals surface area contributed by atoms with Gasteiger partial charge in [-0.05, 0) is 70.0 Å². The molecule has 3 heteroatoms. The molecule has 128 valence electrons. The summed E-state index contributed by atoms with van der Waals surface area (Å²) in [7, 11) is 2.02. The van der Waals surface area contributed by atoms with Gasteiger partial charge >= 0.3 is 0 Å². The van der Waals surface area contributed by atoms with Crippen LogP contribution in [-0.4, -0.2) is 33.3 Å². The maximum Gasteiger partial charge on any atom is 0.0674 e. The van der Waals surface area contributed by atoms with E-state index in [4.69, 9.17) is 0 Å². The molecule has 0 radical (unpaired) electrons. The Balaban J connectivity index is 1.46. The molecular weight excluding hydrogens is 294 g/mol. The number of aryl methyl sites for hydroxylation is 2. The lowest BCUT2D eigenvalue weighted by atomic mass is 9.74. The predicted octanol–water partition coefficient (Wildman–Crippen LogP) is 4.43. The van der Waals surface area contributed by atoms with Gasteiger partial charge in [0, 0.05) is 30.4 Å². The third kappa shape index (κ3) is 2.59. The van der Waals surface area contributed by atoms with Gasteiger partial charge in [0.15, 0.2) is 0 Å². The van der Waals surface area contributed by atoms with Crippen LogP contribution in [0.2, 0.25) is 0 Å². The number of likely N-dealkylation sites (tertiary alicyclic amines) is 1. The van der Waals surface area contributed by atoms with Crippen LogP contribution in [0.25, 0.3) is 11.1 Å². The van der Waals surface area contributed by atoms with Gasteiger partial charge in [-0.15, -0.1) is 0 Å². The number of nitrogens with zero attached hydrogens (tertiary/aromatic N) is 3. The molecule has 1 unspecified atom stereocenters. The molecule has 2 aliphatic rings. The molecule has 1 aliphatic carbocycles. The molecule has 1 saturated carbocycles. The number of hydrogen-bond donors (Lipinski definition) is 0. The van der Waals surface area contributed by atoms with Gasteiger partial charge in [-0.25, -0.2) is 0 Å². The van der Waals surface area contributed by atoms with Crippen molar-refractivity contribution in [1.82, 2.24) is 14.7 Å². The number of rotatable bonds is 3. The smallest absolute Gasteiger partial charge is 0.0674 e. The minimum absolute atomic E-state index is 0.757. The van der Waals surface area contributed by atoms with Crippen molar-refractivity contribution in [3.05, 3.63) is 41.2 Å². The maximum absolute atomic E-state index is 4.54. The van der Waals surface area contributed by atoms with Gasteiger partial charge in [-0.3, -0.25) is 9.58 Å². The van der Waals surface area contributed by atoms with Gasteiger partial charge in [0.05, 0.1) is 5.69 Å². The first-order valence-corrected chi connectivity index (χ1v) is 9.41. The van der Waals surface area contributed by atoms with Crippen molar-refractivity contribution in [2.45, 2.75) is 64.5 Å². The number of hydrogen-bond acceptors (Lipinski definition) is 2. The molecule has 3 nitrogen and oxygen atoms in total. The fraction of sp³-hybridized carbons (Fsp3) is 0.571. The van der Waals surface area contributed by atoms with Gasteiger partial charge in [0.2, 0.25) is 0 Å². The second-order valence-corrected chi connectivity index (χ2v) is 7.84. The number of aromatic nitrogens is 2. The highest BCUT2D eigenvalue weighted by Gasteiger charge is 2.37. The van der Waals surface area contributed by atoms with Gasteiger partial charge < -0.3 is 0 Å². The van der Waals surface area contributed by atoms with E-state index < -0.39 is 0 Å². The Morgan fingerprint density at radius 1 is 1.08 bits per heavy atom. The molecule has 1 atom stereocenters. The van der Waals surface area contributed by atoms with Crippen molar-refractivity contribution in [1.29, 1.82) is 0 Å². The second-order valence-electron chi connectivity index (χ2n) is 7.84. The lowest BCUT2D eigenvalue weighted by Crippen LogP contribution is -2.45. The summed E-state index contributed by atoms with van der Waals surface area (Å²) in [6, 6.07) is 10.9. The van der Waals surface area contributed by atoms with Crippen LogP contribution >= 0.6 is 0 Å². The Bertz CT molecular complexity index is 722. The Morgan fingerprint density at radius 3 is 2.33 bits per heavy atom. The average Bonchev–Trinajstić information content (AvgIpc) is 3.03. The van der Waals surface area contributed by atoms with Crippen molar-refractivity contribution >= 4 is 0 Å². The molecule has 0 spiro atoms. The summed E-state index contributed by atoms with van der Waals surface area (Å²) < 4.78 is 1.98. The lowest BCUT2D eigenvalue weighted by molar-refractivity contribution is 0.103. The maximum atomic E-state index is 4.54. The van der Waals surface area contributed by atoms with Gasteiger partial charge in [-0.1, -0.05) is 24.3 Å². The topological polar surface area (TPSA) is 21.1 Å². The van der Waals surface area contributed by atoms with Crippen LogP contribution in [0.3, 0.4) is 0 Å². The van der Waals surface area contributed by atoms with Crippen molar-refractivity contribution < 1.29 is 0 Å². The molecule has 4 rings (SSSR count). The summed E-state index contributed by atoms with van der Waals surface area (Å²) in [5.74, 6) is 0.757. The van der Waals surface area contributed by atoms with Crippen LogP contribution in [0.5, 0.6) is 0 Å². The third-order valence-corrected chi connectivity index (χ3v) is 6.37. The zero-order valence-electron chi connectivity index (χ0n) is 15.4. The van der Waals surface area contributed by atoms with E-state index in [0.717, 1.165) is 23.7 Å². The first-order chi connectivity index (χ1) is 11.5. The normalized spacial score (nSPS) is 27.4. The molecule has 0 amide bonds. The van der Waals surface area contributed by atoms with Crippen LogP contribution < -0.4 is 0 Å². The minimum Gasteiger partial charge on any atom is -0.298 e. The Labute approximate surface area is 145 Å². The van der Waals surface area contributed by atoms with Crippen LogP contribution in [0.4, 0.5) is 0 Å². The highest BCUT2D eigenvalue weighted by atomic mass is 15.3. The quantitative estimate of drug-likeness (QED) is 0.833. The van der Waals surface area contributed by atoms with Crippen LogP contribution in [0.15, 0.2) is 24.3 Å². The van der Waals surface area contributed by atoms with Gasteiger partial charge in [0.25, 0.3) is 0 Å². The molecule has 1 saturated heterocycles. The largest absolute Gasteiger partial charge is 0.298 e. The fourth-order valence-electron chi connectivity index (χ4n) is 4.74. The molecule has 2 heterocycles. The fourth-order valence-corrected chi connectivity index (χ4v) is 4.74. The Kier molecular flexibility index (Phi) is 4.00.